The summed E-state index contributed by atoms with van der Waals surface area (Å²) < 4.78 is 16.1. The van der Waals surface area contributed by atoms with Crippen molar-refractivity contribution in [1.29, 1.82) is 0 Å². The Morgan fingerprint density at radius 2 is 1.83 bits per heavy atom. The van der Waals surface area contributed by atoms with Gasteiger partial charge >= 0.3 is 0 Å². The first-order valence-electron chi connectivity index (χ1n) is 7.47. The fourth-order valence-corrected chi connectivity index (χ4v) is 2.40. The molecule has 1 aromatic heterocycles. The molecule has 122 valence electrons. The average molecular weight is 316 g/mol. The van der Waals surface area contributed by atoms with Gasteiger partial charge in [-0.05, 0) is 17.7 Å². The van der Waals surface area contributed by atoms with Crippen LogP contribution in [0.2, 0.25) is 0 Å². The molecule has 23 heavy (non-hydrogen) atoms. The van der Waals surface area contributed by atoms with Crippen LogP contribution in [0.25, 0.3) is 0 Å². The van der Waals surface area contributed by atoms with E-state index in [0.29, 0.717) is 11.6 Å². The summed E-state index contributed by atoms with van der Waals surface area (Å²) in [5.41, 5.74) is 7.42. The number of anilines is 1. The molecule has 0 bridgehead atoms. The first-order chi connectivity index (χ1) is 11.3. The van der Waals surface area contributed by atoms with Gasteiger partial charge in [0.05, 0.1) is 20.3 Å². The van der Waals surface area contributed by atoms with Crippen molar-refractivity contribution in [3.63, 3.8) is 0 Å². The monoisotopic (exact) mass is 316 g/mol. The van der Waals surface area contributed by atoms with Crippen molar-refractivity contribution in [3.05, 3.63) is 36.2 Å². The van der Waals surface area contributed by atoms with E-state index in [1.54, 1.807) is 0 Å². The predicted octanol–water partition coefficient (Wildman–Crippen LogP) is 1.69. The summed E-state index contributed by atoms with van der Waals surface area (Å²) in [4.78, 5) is 10.3. The number of hydrogen-bond donors (Lipinski definition) is 1. The number of benzene rings is 1. The minimum Gasteiger partial charge on any atom is -0.479 e. The molecule has 2 heterocycles. The molecule has 1 fully saturated rings. The van der Waals surface area contributed by atoms with Crippen molar-refractivity contribution >= 4 is 5.69 Å². The molecule has 0 unspecified atom stereocenters. The maximum Gasteiger partial charge on any atom is 0.249 e. The standard InChI is InChI=1S/C16H20N4O3/c1-21-15-14(17)16(19-11-18-15)23-13-4-2-12(3-5-13)10-20-6-8-22-9-7-20/h2-5,11H,6-10,17H2,1H3. The van der Waals surface area contributed by atoms with Gasteiger partial charge in [-0.25, -0.2) is 0 Å². The Labute approximate surface area is 135 Å². The fraction of sp³-hybridized carbons (Fsp3) is 0.375. The van der Waals surface area contributed by atoms with Gasteiger partial charge in [0.15, 0.2) is 5.69 Å². The molecule has 3 rings (SSSR count). The minimum atomic E-state index is 0.285. The lowest BCUT2D eigenvalue weighted by atomic mass is 10.2. The maximum atomic E-state index is 5.90. The van der Waals surface area contributed by atoms with E-state index in [1.165, 1.54) is 19.0 Å². The highest BCUT2D eigenvalue weighted by atomic mass is 16.5. The van der Waals surface area contributed by atoms with E-state index in [-0.39, 0.29) is 11.6 Å². The van der Waals surface area contributed by atoms with Gasteiger partial charge in [-0.15, -0.1) is 0 Å². The summed E-state index contributed by atoms with van der Waals surface area (Å²) in [6.45, 7) is 4.45. The van der Waals surface area contributed by atoms with E-state index in [2.05, 4.69) is 14.9 Å². The Morgan fingerprint density at radius 3 is 2.52 bits per heavy atom. The summed E-state index contributed by atoms with van der Waals surface area (Å²) in [7, 11) is 1.50. The number of morpholine rings is 1. The van der Waals surface area contributed by atoms with E-state index in [4.69, 9.17) is 19.9 Å². The summed E-state index contributed by atoms with van der Waals surface area (Å²) in [5, 5.41) is 0. The highest BCUT2D eigenvalue weighted by Crippen LogP contribution is 2.30. The summed E-state index contributed by atoms with van der Waals surface area (Å²) >= 11 is 0. The minimum absolute atomic E-state index is 0.285. The lowest BCUT2D eigenvalue weighted by molar-refractivity contribution is 0.0342. The zero-order valence-electron chi connectivity index (χ0n) is 13.1. The lowest BCUT2D eigenvalue weighted by Crippen LogP contribution is -2.35. The van der Waals surface area contributed by atoms with E-state index >= 15 is 0 Å². The normalized spacial score (nSPS) is 15.3. The first-order valence-corrected chi connectivity index (χ1v) is 7.47. The predicted molar refractivity (Wildman–Crippen MR) is 85.6 cm³/mol. The third kappa shape index (κ3) is 3.88. The topological polar surface area (TPSA) is 82.7 Å². The Bertz CT molecular complexity index is 642. The number of aromatic nitrogens is 2. The molecule has 1 saturated heterocycles. The zero-order valence-corrected chi connectivity index (χ0v) is 13.1. The maximum absolute atomic E-state index is 5.90. The van der Waals surface area contributed by atoms with Crippen LogP contribution in [0.1, 0.15) is 5.56 Å². The molecule has 2 N–H and O–H groups in total. The van der Waals surface area contributed by atoms with Gasteiger partial charge in [-0.3, -0.25) is 4.90 Å². The third-order valence-electron chi connectivity index (χ3n) is 3.65. The molecular formula is C16H20N4O3. The number of nitrogens with zero attached hydrogens (tertiary/aromatic N) is 3. The first kappa shape index (κ1) is 15.5. The van der Waals surface area contributed by atoms with Crippen molar-refractivity contribution in [2.24, 2.45) is 0 Å². The average Bonchev–Trinajstić information content (AvgIpc) is 2.59. The Balaban J connectivity index is 1.65. The summed E-state index contributed by atoms with van der Waals surface area (Å²) in [6, 6.07) is 7.90. The zero-order chi connectivity index (χ0) is 16.1. The second-order valence-electron chi connectivity index (χ2n) is 5.24. The molecule has 0 atom stereocenters. The van der Waals surface area contributed by atoms with Crippen LogP contribution in [0, 0.1) is 0 Å². The number of ether oxygens (including phenoxy) is 3. The van der Waals surface area contributed by atoms with Crippen molar-refractivity contribution in [1.82, 2.24) is 14.9 Å². The molecule has 0 spiro atoms. The third-order valence-corrected chi connectivity index (χ3v) is 3.65. The summed E-state index contributed by atoms with van der Waals surface area (Å²) in [6.07, 6.45) is 1.36. The molecule has 1 aromatic carbocycles. The van der Waals surface area contributed by atoms with Gasteiger partial charge in [0.2, 0.25) is 11.8 Å². The van der Waals surface area contributed by atoms with Gasteiger partial charge < -0.3 is 19.9 Å². The number of rotatable bonds is 5. The highest BCUT2D eigenvalue weighted by Gasteiger charge is 2.12. The van der Waals surface area contributed by atoms with Gasteiger partial charge in [-0.2, -0.15) is 9.97 Å². The van der Waals surface area contributed by atoms with Crippen molar-refractivity contribution in [3.8, 4) is 17.5 Å². The SMILES string of the molecule is COc1ncnc(Oc2ccc(CN3CCOCC3)cc2)c1N. The van der Waals surface area contributed by atoms with Crippen LogP contribution in [0.15, 0.2) is 30.6 Å². The quantitative estimate of drug-likeness (QED) is 0.898. The van der Waals surface area contributed by atoms with E-state index in [9.17, 15) is 0 Å². The van der Waals surface area contributed by atoms with E-state index in [1.807, 2.05) is 24.3 Å². The second kappa shape index (κ2) is 7.26. The molecule has 0 aliphatic carbocycles. The lowest BCUT2D eigenvalue weighted by Gasteiger charge is -2.26. The Kier molecular flexibility index (Phi) is 4.89. The van der Waals surface area contributed by atoms with Crippen molar-refractivity contribution < 1.29 is 14.2 Å². The number of methoxy groups -OCH3 is 1. The smallest absolute Gasteiger partial charge is 0.249 e. The van der Waals surface area contributed by atoms with Crippen LogP contribution in [0.5, 0.6) is 17.5 Å². The fourth-order valence-electron chi connectivity index (χ4n) is 2.40. The summed E-state index contributed by atoms with van der Waals surface area (Å²) in [5.74, 6) is 1.26. The molecule has 7 heteroatoms. The Hall–Kier alpha value is -2.38. The van der Waals surface area contributed by atoms with Crippen molar-refractivity contribution in [2.75, 3.05) is 39.1 Å². The van der Waals surface area contributed by atoms with Crippen LogP contribution < -0.4 is 15.2 Å². The highest BCUT2D eigenvalue weighted by molar-refractivity contribution is 5.56. The molecule has 1 aliphatic rings. The molecular weight excluding hydrogens is 296 g/mol. The van der Waals surface area contributed by atoms with Gasteiger partial charge in [0.25, 0.3) is 0 Å². The van der Waals surface area contributed by atoms with E-state index in [0.717, 1.165) is 32.8 Å². The molecule has 0 saturated carbocycles. The molecule has 2 aromatic rings. The largest absolute Gasteiger partial charge is 0.479 e. The van der Waals surface area contributed by atoms with Crippen LogP contribution in [-0.2, 0) is 11.3 Å². The number of hydrogen-bond acceptors (Lipinski definition) is 7. The van der Waals surface area contributed by atoms with Crippen LogP contribution in [-0.4, -0.2) is 48.3 Å². The Morgan fingerprint density at radius 1 is 1.13 bits per heavy atom. The number of nitrogens with two attached hydrogens (primary N) is 1. The molecule has 1 aliphatic heterocycles. The molecule has 0 amide bonds. The van der Waals surface area contributed by atoms with Crippen LogP contribution >= 0.6 is 0 Å². The van der Waals surface area contributed by atoms with Crippen molar-refractivity contribution in [2.45, 2.75) is 6.54 Å². The van der Waals surface area contributed by atoms with Gasteiger partial charge in [-0.1, -0.05) is 12.1 Å². The molecule has 7 nitrogen and oxygen atoms in total. The van der Waals surface area contributed by atoms with Gasteiger partial charge in [0, 0.05) is 19.6 Å². The van der Waals surface area contributed by atoms with Crippen LogP contribution in [0.4, 0.5) is 5.69 Å². The van der Waals surface area contributed by atoms with Gasteiger partial charge in [0.1, 0.15) is 12.1 Å². The second-order valence-corrected chi connectivity index (χ2v) is 5.24. The van der Waals surface area contributed by atoms with Crippen LogP contribution in [0.3, 0.4) is 0 Å². The number of nitrogen functional groups attached to an aromatic ring is 1. The van der Waals surface area contributed by atoms with E-state index < -0.39 is 0 Å². The molecule has 0 radical (unpaired) electrons.